The molecule has 1 saturated carbocycles. The molecular formula is C16H22ClNO3. The number of esters is 1. The molecule has 1 fully saturated rings. The van der Waals surface area contributed by atoms with Crippen molar-refractivity contribution in [2.45, 2.75) is 39.3 Å². The number of rotatable bonds is 5. The van der Waals surface area contributed by atoms with Gasteiger partial charge in [0, 0.05) is 23.1 Å². The molecule has 1 aromatic rings. The molecule has 1 aliphatic carbocycles. The molecule has 2 rings (SSSR count). The first kappa shape index (κ1) is 16.1. The van der Waals surface area contributed by atoms with Crippen LogP contribution in [0.25, 0.3) is 0 Å². The van der Waals surface area contributed by atoms with Crippen LogP contribution in [-0.4, -0.2) is 31.8 Å². The fourth-order valence-electron chi connectivity index (χ4n) is 2.73. The zero-order valence-corrected chi connectivity index (χ0v) is 13.7. The van der Waals surface area contributed by atoms with Crippen LogP contribution in [0.15, 0.2) is 18.2 Å². The number of hydrogen-bond acceptors (Lipinski definition) is 4. The molecule has 2 unspecified atom stereocenters. The monoisotopic (exact) mass is 311 g/mol. The number of nitrogens with one attached hydrogen (secondary N) is 1. The molecule has 2 atom stereocenters. The van der Waals surface area contributed by atoms with E-state index in [1.165, 1.54) is 7.11 Å². The Bertz CT molecular complexity index is 530. The molecule has 0 aliphatic heterocycles. The highest BCUT2D eigenvalue weighted by molar-refractivity contribution is 6.31. The third-order valence-electron chi connectivity index (χ3n) is 4.26. The smallest absolute Gasteiger partial charge is 0.339 e. The van der Waals surface area contributed by atoms with E-state index in [-0.39, 0.29) is 23.5 Å². The van der Waals surface area contributed by atoms with Crippen LogP contribution in [0.5, 0.6) is 0 Å². The normalized spacial score (nSPS) is 23.3. The van der Waals surface area contributed by atoms with Gasteiger partial charge >= 0.3 is 5.97 Å². The number of anilines is 1. The molecule has 0 bridgehead atoms. The van der Waals surface area contributed by atoms with E-state index in [0.29, 0.717) is 22.9 Å². The molecule has 1 aromatic carbocycles. The summed E-state index contributed by atoms with van der Waals surface area (Å²) in [6.07, 6.45) is 1.15. The van der Waals surface area contributed by atoms with Crippen molar-refractivity contribution >= 4 is 23.3 Å². The van der Waals surface area contributed by atoms with Crippen molar-refractivity contribution in [1.82, 2.24) is 0 Å². The highest BCUT2D eigenvalue weighted by Gasteiger charge is 2.49. The SMILES string of the molecule is CCOC1CC(Nc2cc(Cl)ccc2C(=O)OC)C1(C)C. The summed E-state index contributed by atoms with van der Waals surface area (Å²) >= 11 is 6.04. The van der Waals surface area contributed by atoms with Crippen molar-refractivity contribution < 1.29 is 14.3 Å². The lowest BCUT2D eigenvalue weighted by molar-refractivity contribution is -0.0976. The summed E-state index contributed by atoms with van der Waals surface area (Å²) in [6.45, 7) is 7.04. The van der Waals surface area contributed by atoms with E-state index in [1.54, 1.807) is 18.2 Å². The maximum absolute atomic E-state index is 11.8. The second kappa shape index (κ2) is 6.24. The molecule has 0 heterocycles. The van der Waals surface area contributed by atoms with Crippen LogP contribution in [0.4, 0.5) is 5.69 Å². The highest BCUT2D eigenvalue weighted by Crippen LogP contribution is 2.44. The number of carbonyl (C=O) groups excluding carboxylic acids is 1. The summed E-state index contributed by atoms with van der Waals surface area (Å²) in [5, 5.41) is 4.00. The second-order valence-electron chi connectivity index (χ2n) is 5.88. The van der Waals surface area contributed by atoms with Crippen LogP contribution in [0, 0.1) is 5.41 Å². The fourth-order valence-corrected chi connectivity index (χ4v) is 2.90. The molecule has 5 heteroatoms. The van der Waals surface area contributed by atoms with E-state index in [2.05, 4.69) is 19.2 Å². The zero-order valence-electron chi connectivity index (χ0n) is 12.9. The minimum atomic E-state index is -0.368. The van der Waals surface area contributed by atoms with Crippen LogP contribution in [0.3, 0.4) is 0 Å². The van der Waals surface area contributed by atoms with Crippen molar-refractivity contribution in [3.8, 4) is 0 Å². The van der Waals surface area contributed by atoms with E-state index in [1.807, 2.05) is 6.92 Å². The van der Waals surface area contributed by atoms with Gasteiger partial charge in [0.2, 0.25) is 0 Å². The molecule has 0 radical (unpaired) electrons. The van der Waals surface area contributed by atoms with E-state index in [4.69, 9.17) is 21.1 Å². The average Bonchev–Trinajstić information content (AvgIpc) is 2.45. The Morgan fingerprint density at radius 1 is 1.48 bits per heavy atom. The standard InChI is InChI=1S/C16H22ClNO3/c1-5-21-14-9-13(16(14,2)3)18-12-8-10(17)6-7-11(12)15(19)20-4/h6-8,13-14,18H,5,9H2,1-4H3. The molecule has 116 valence electrons. The molecule has 21 heavy (non-hydrogen) atoms. The Kier molecular flexibility index (Phi) is 4.79. The number of benzene rings is 1. The molecule has 1 aliphatic rings. The van der Waals surface area contributed by atoms with Gasteiger partial charge in [0.15, 0.2) is 0 Å². The molecule has 1 N–H and O–H groups in total. The lowest BCUT2D eigenvalue weighted by atomic mass is 9.64. The summed E-state index contributed by atoms with van der Waals surface area (Å²) in [6, 6.07) is 5.37. The van der Waals surface area contributed by atoms with E-state index < -0.39 is 0 Å². The maximum atomic E-state index is 11.8. The first-order valence-corrected chi connectivity index (χ1v) is 7.54. The Morgan fingerprint density at radius 2 is 2.19 bits per heavy atom. The largest absolute Gasteiger partial charge is 0.465 e. The average molecular weight is 312 g/mol. The van der Waals surface area contributed by atoms with E-state index in [9.17, 15) is 4.79 Å². The van der Waals surface area contributed by atoms with Crippen LogP contribution < -0.4 is 5.32 Å². The van der Waals surface area contributed by atoms with Gasteiger partial charge in [-0.15, -0.1) is 0 Å². The van der Waals surface area contributed by atoms with Crippen molar-refractivity contribution in [1.29, 1.82) is 0 Å². The van der Waals surface area contributed by atoms with Gasteiger partial charge in [-0.1, -0.05) is 25.4 Å². The van der Waals surface area contributed by atoms with Crippen molar-refractivity contribution in [2.24, 2.45) is 5.41 Å². The van der Waals surface area contributed by atoms with Crippen molar-refractivity contribution in [3.05, 3.63) is 28.8 Å². The third kappa shape index (κ3) is 3.16. The first-order chi connectivity index (χ1) is 9.90. The zero-order chi connectivity index (χ0) is 15.6. The Morgan fingerprint density at radius 3 is 2.76 bits per heavy atom. The molecule has 0 saturated heterocycles. The van der Waals surface area contributed by atoms with Crippen LogP contribution >= 0.6 is 11.6 Å². The van der Waals surface area contributed by atoms with Gasteiger partial charge in [-0.25, -0.2) is 4.79 Å². The van der Waals surface area contributed by atoms with Gasteiger partial charge < -0.3 is 14.8 Å². The number of carbonyl (C=O) groups is 1. The molecular weight excluding hydrogens is 290 g/mol. The second-order valence-corrected chi connectivity index (χ2v) is 6.32. The van der Waals surface area contributed by atoms with E-state index >= 15 is 0 Å². The van der Waals surface area contributed by atoms with Gasteiger partial charge in [-0.05, 0) is 31.5 Å². The summed E-state index contributed by atoms with van der Waals surface area (Å²) in [5.74, 6) is -0.368. The van der Waals surface area contributed by atoms with Crippen LogP contribution in [-0.2, 0) is 9.47 Å². The predicted molar refractivity (Wildman–Crippen MR) is 84.0 cm³/mol. The van der Waals surface area contributed by atoms with Crippen molar-refractivity contribution in [2.75, 3.05) is 19.0 Å². The number of ether oxygens (including phenoxy) is 2. The predicted octanol–water partition coefficient (Wildman–Crippen LogP) is 3.74. The Labute approximate surface area is 130 Å². The van der Waals surface area contributed by atoms with Gasteiger partial charge in [0.05, 0.1) is 24.5 Å². The Balaban J connectivity index is 2.17. The lowest BCUT2D eigenvalue weighted by Crippen LogP contribution is -2.58. The van der Waals surface area contributed by atoms with Gasteiger partial charge in [0.25, 0.3) is 0 Å². The summed E-state index contributed by atoms with van der Waals surface area (Å²) in [5.41, 5.74) is 1.21. The van der Waals surface area contributed by atoms with Crippen molar-refractivity contribution in [3.63, 3.8) is 0 Å². The Hall–Kier alpha value is -1.26. The highest BCUT2D eigenvalue weighted by atomic mass is 35.5. The fraction of sp³-hybridized carbons (Fsp3) is 0.562. The van der Waals surface area contributed by atoms with Crippen LogP contribution in [0.1, 0.15) is 37.6 Å². The molecule has 0 aromatic heterocycles. The summed E-state index contributed by atoms with van der Waals surface area (Å²) < 4.78 is 10.5. The third-order valence-corrected chi connectivity index (χ3v) is 4.50. The molecule has 4 nitrogen and oxygen atoms in total. The lowest BCUT2D eigenvalue weighted by Gasteiger charge is -2.52. The van der Waals surface area contributed by atoms with Gasteiger partial charge in [0.1, 0.15) is 0 Å². The quantitative estimate of drug-likeness (QED) is 0.841. The molecule has 0 spiro atoms. The number of hydrogen-bond donors (Lipinski definition) is 1. The first-order valence-electron chi connectivity index (χ1n) is 7.16. The number of halogens is 1. The van der Waals surface area contributed by atoms with E-state index in [0.717, 1.165) is 6.42 Å². The van der Waals surface area contributed by atoms with Gasteiger partial charge in [-0.2, -0.15) is 0 Å². The summed E-state index contributed by atoms with van der Waals surface area (Å²) in [4.78, 5) is 11.8. The maximum Gasteiger partial charge on any atom is 0.339 e. The van der Waals surface area contributed by atoms with Gasteiger partial charge in [-0.3, -0.25) is 0 Å². The number of methoxy groups -OCH3 is 1. The topological polar surface area (TPSA) is 47.6 Å². The molecule has 0 amide bonds. The van der Waals surface area contributed by atoms with Crippen LogP contribution in [0.2, 0.25) is 5.02 Å². The summed E-state index contributed by atoms with van der Waals surface area (Å²) in [7, 11) is 1.37. The minimum Gasteiger partial charge on any atom is -0.465 e. The minimum absolute atomic E-state index is 0.00567.